The Labute approximate surface area is 90.3 Å². The molecule has 1 aromatic heterocycles. The van der Waals surface area contributed by atoms with Crippen molar-refractivity contribution in [3.05, 3.63) is 12.4 Å². The molecule has 0 unspecified atom stereocenters. The van der Waals surface area contributed by atoms with Crippen LogP contribution in [0.15, 0.2) is 12.4 Å². The largest absolute Gasteiger partial charge is 0.405 e. The van der Waals surface area contributed by atoms with Crippen molar-refractivity contribution in [3.8, 4) is 0 Å². The van der Waals surface area contributed by atoms with E-state index in [-0.39, 0.29) is 17.7 Å². The van der Waals surface area contributed by atoms with E-state index in [4.69, 9.17) is 5.73 Å². The lowest BCUT2D eigenvalue weighted by atomic mass is 10.4. The highest BCUT2D eigenvalue weighted by molar-refractivity contribution is 5.44. The zero-order valence-electron chi connectivity index (χ0n) is 8.41. The average molecular weight is 232 g/mol. The molecule has 2 N–H and O–H groups in total. The van der Waals surface area contributed by atoms with E-state index >= 15 is 0 Å². The van der Waals surface area contributed by atoms with Gasteiger partial charge in [0, 0.05) is 6.04 Å². The smallest absolute Gasteiger partial charge is 0.382 e. The van der Waals surface area contributed by atoms with Gasteiger partial charge >= 0.3 is 6.18 Å². The van der Waals surface area contributed by atoms with E-state index in [9.17, 15) is 13.2 Å². The molecule has 7 heteroatoms. The summed E-state index contributed by atoms with van der Waals surface area (Å²) in [6.07, 6.45) is -0.115. The standard InChI is InChI=1S/C9H11F3N4/c10-9(11,12)5-16(6-1-2-6)8-4-14-3-7(13)15-8/h3-4,6H,1-2,5H2,(H2,13,15). The van der Waals surface area contributed by atoms with Gasteiger partial charge in [0.05, 0.1) is 12.4 Å². The molecule has 4 nitrogen and oxygen atoms in total. The fourth-order valence-corrected chi connectivity index (χ4v) is 1.49. The van der Waals surface area contributed by atoms with Crippen LogP contribution < -0.4 is 10.6 Å². The summed E-state index contributed by atoms with van der Waals surface area (Å²) in [4.78, 5) is 8.82. The molecule has 1 saturated carbocycles. The summed E-state index contributed by atoms with van der Waals surface area (Å²) in [5.41, 5.74) is 5.40. The van der Waals surface area contributed by atoms with Crippen LogP contribution in [-0.2, 0) is 0 Å². The molecular formula is C9H11F3N4. The van der Waals surface area contributed by atoms with E-state index in [0.717, 1.165) is 12.8 Å². The van der Waals surface area contributed by atoms with Gasteiger partial charge in [-0.25, -0.2) is 4.98 Å². The number of alkyl halides is 3. The van der Waals surface area contributed by atoms with Crippen LogP contribution in [0.5, 0.6) is 0 Å². The Hall–Kier alpha value is -1.53. The summed E-state index contributed by atoms with van der Waals surface area (Å²) in [5, 5.41) is 0. The molecule has 0 radical (unpaired) electrons. The second kappa shape index (κ2) is 3.80. The van der Waals surface area contributed by atoms with Gasteiger partial charge in [-0.15, -0.1) is 0 Å². The molecule has 16 heavy (non-hydrogen) atoms. The van der Waals surface area contributed by atoms with Crippen molar-refractivity contribution in [2.75, 3.05) is 17.2 Å². The summed E-state index contributed by atoms with van der Waals surface area (Å²) >= 11 is 0. The Morgan fingerprint density at radius 1 is 1.38 bits per heavy atom. The number of anilines is 2. The minimum Gasteiger partial charge on any atom is -0.382 e. The third kappa shape index (κ3) is 2.74. The highest BCUT2D eigenvalue weighted by Crippen LogP contribution is 2.33. The highest BCUT2D eigenvalue weighted by atomic mass is 19.4. The van der Waals surface area contributed by atoms with Crippen LogP contribution in [-0.4, -0.2) is 28.7 Å². The predicted octanol–water partition coefficient (Wildman–Crippen LogP) is 1.59. The lowest BCUT2D eigenvalue weighted by molar-refractivity contribution is -0.120. The average Bonchev–Trinajstić information content (AvgIpc) is 2.96. The molecule has 1 aromatic rings. The van der Waals surface area contributed by atoms with Crippen LogP contribution >= 0.6 is 0 Å². The van der Waals surface area contributed by atoms with Gasteiger partial charge in [-0.2, -0.15) is 13.2 Å². The normalized spacial score (nSPS) is 16.2. The minimum atomic E-state index is -4.24. The van der Waals surface area contributed by atoms with Gasteiger partial charge in [0.25, 0.3) is 0 Å². The molecule has 0 aliphatic heterocycles. The maximum absolute atomic E-state index is 12.4. The van der Waals surface area contributed by atoms with Gasteiger partial charge in [-0.05, 0) is 12.8 Å². The van der Waals surface area contributed by atoms with E-state index in [1.807, 2.05) is 0 Å². The molecule has 1 aliphatic carbocycles. The first kappa shape index (κ1) is 11.0. The first-order valence-electron chi connectivity index (χ1n) is 4.86. The number of rotatable bonds is 3. The first-order chi connectivity index (χ1) is 7.46. The zero-order valence-corrected chi connectivity index (χ0v) is 8.41. The van der Waals surface area contributed by atoms with Crippen LogP contribution in [0.4, 0.5) is 24.8 Å². The summed E-state index contributed by atoms with van der Waals surface area (Å²) in [5.74, 6) is 0.324. The molecule has 0 amide bonds. The lowest BCUT2D eigenvalue weighted by Crippen LogP contribution is -2.36. The molecule has 0 atom stereocenters. The molecule has 88 valence electrons. The predicted molar refractivity (Wildman–Crippen MR) is 52.9 cm³/mol. The van der Waals surface area contributed by atoms with Gasteiger partial charge in [0.1, 0.15) is 18.2 Å². The summed E-state index contributed by atoms with van der Waals surface area (Å²) in [6, 6.07) is -0.0854. The molecule has 1 aliphatic rings. The van der Waals surface area contributed by atoms with Crippen LogP contribution in [0.1, 0.15) is 12.8 Å². The van der Waals surface area contributed by atoms with Gasteiger partial charge in [-0.1, -0.05) is 0 Å². The molecule has 1 fully saturated rings. The number of hydrogen-bond donors (Lipinski definition) is 1. The number of nitrogen functional groups attached to an aromatic ring is 1. The van der Waals surface area contributed by atoms with E-state index in [1.54, 1.807) is 0 Å². The second-order valence-corrected chi connectivity index (χ2v) is 3.78. The molecular weight excluding hydrogens is 221 g/mol. The topological polar surface area (TPSA) is 55.0 Å². The van der Waals surface area contributed by atoms with Gasteiger partial charge in [0.2, 0.25) is 0 Å². The second-order valence-electron chi connectivity index (χ2n) is 3.78. The summed E-state index contributed by atoms with van der Waals surface area (Å²) in [7, 11) is 0. The van der Waals surface area contributed by atoms with E-state index in [2.05, 4.69) is 9.97 Å². The number of aromatic nitrogens is 2. The summed E-state index contributed by atoms with van der Waals surface area (Å²) in [6.45, 7) is -1.00. The zero-order chi connectivity index (χ0) is 11.8. The quantitative estimate of drug-likeness (QED) is 0.859. The molecule has 0 bridgehead atoms. The molecule has 0 saturated heterocycles. The molecule has 0 spiro atoms. The fourth-order valence-electron chi connectivity index (χ4n) is 1.49. The van der Waals surface area contributed by atoms with Gasteiger partial charge in [0.15, 0.2) is 0 Å². The van der Waals surface area contributed by atoms with Crippen molar-refractivity contribution in [1.29, 1.82) is 0 Å². The third-order valence-corrected chi connectivity index (χ3v) is 2.27. The maximum atomic E-state index is 12.4. The Morgan fingerprint density at radius 2 is 2.06 bits per heavy atom. The van der Waals surface area contributed by atoms with E-state index in [1.165, 1.54) is 17.3 Å². The fraction of sp³-hybridized carbons (Fsp3) is 0.556. The number of hydrogen-bond acceptors (Lipinski definition) is 4. The van der Waals surface area contributed by atoms with Crippen LogP contribution in [0.25, 0.3) is 0 Å². The Bertz CT molecular complexity index is 375. The van der Waals surface area contributed by atoms with Gasteiger partial charge in [-0.3, -0.25) is 4.98 Å². The Balaban J connectivity index is 2.19. The Morgan fingerprint density at radius 3 is 2.56 bits per heavy atom. The molecule has 2 rings (SSSR count). The van der Waals surface area contributed by atoms with Crippen molar-refractivity contribution < 1.29 is 13.2 Å². The van der Waals surface area contributed by atoms with Crippen LogP contribution in [0.3, 0.4) is 0 Å². The van der Waals surface area contributed by atoms with Crippen LogP contribution in [0, 0.1) is 0 Å². The maximum Gasteiger partial charge on any atom is 0.405 e. The molecule has 0 aromatic carbocycles. The molecule has 1 heterocycles. The number of halogens is 3. The van der Waals surface area contributed by atoms with Crippen molar-refractivity contribution >= 4 is 11.6 Å². The SMILES string of the molecule is Nc1cncc(N(CC(F)(F)F)C2CC2)n1. The monoisotopic (exact) mass is 232 g/mol. The lowest BCUT2D eigenvalue weighted by Gasteiger charge is -2.24. The minimum absolute atomic E-state index is 0.0854. The van der Waals surface area contributed by atoms with Crippen molar-refractivity contribution in [2.24, 2.45) is 0 Å². The van der Waals surface area contributed by atoms with Crippen molar-refractivity contribution in [1.82, 2.24) is 9.97 Å². The number of nitrogens with zero attached hydrogens (tertiary/aromatic N) is 3. The van der Waals surface area contributed by atoms with Gasteiger partial charge < -0.3 is 10.6 Å². The highest BCUT2D eigenvalue weighted by Gasteiger charge is 2.38. The van der Waals surface area contributed by atoms with Crippen molar-refractivity contribution in [3.63, 3.8) is 0 Å². The Kier molecular flexibility index (Phi) is 2.61. The summed E-state index contributed by atoms with van der Waals surface area (Å²) < 4.78 is 37.1. The van der Waals surface area contributed by atoms with Crippen molar-refractivity contribution in [2.45, 2.75) is 25.1 Å². The van der Waals surface area contributed by atoms with Crippen LogP contribution in [0.2, 0.25) is 0 Å². The van der Waals surface area contributed by atoms with E-state index in [0.29, 0.717) is 0 Å². The third-order valence-electron chi connectivity index (χ3n) is 2.27. The van der Waals surface area contributed by atoms with E-state index < -0.39 is 12.7 Å². The number of nitrogens with two attached hydrogens (primary N) is 1. The first-order valence-corrected chi connectivity index (χ1v) is 4.86.